The molecule has 0 aliphatic carbocycles. The van der Waals surface area contributed by atoms with Gasteiger partial charge in [0.2, 0.25) is 0 Å². The second kappa shape index (κ2) is 6.57. The summed E-state index contributed by atoms with van der Waals surface area (Å²) in [5.41, 5.74) is 0.0715. The number of nitrogens with zero attached hydrogens (tertiary/aromatic N) is 1. The fourth-order valence-electron chi connectivity index (χ4n) is 1.41. The summed E-state index contributed by atoms with van der Waals surface area (Å²) in [5, 5.41) is 0.0000610. The van der Waals surface area contributed by atoms with E-state index >= 15 is 0 Å². The average molecular weight is 288 g/mol. The number of carbonyl (C=O) groups is 1. The van der Waals surface area contributed by atoms with Gasteiger partial charge in [-0.2, -0.15) is 0 Å². The van der Waals surface area contributed by atoms with Gasteiger partial charge in [-0.05, 0) is 12.1 Å². The molecule has 1 aromatic carbocycles. The van der Waals surface area contributed by atoms with Gasteiger partial charge in [0.15, 0.2) is 0 Å². The molecule has 0 fully saturated rings. The first-order valence-corrected chi connectivity index (χ1v) is 5.92. The monoisotopic (exact) mass is 287 g/mol. The molecule has 1 amide bonds. The lowest BCUT2D eigenvalue weighted by atomic mass is 10.2. The predicted molar refractivity (Wildman–Crippen MR) is 72.7 cm³/mol. The average Bonchev–Trinajstić information content (AvgIpc) is 2.33. The molecular formula is C13H12Cl2FNO. The van der Waals surface area contributed by atoms with Gasteiger partial charge in [-0.3, -0.25) is 4.79 Å². The number of benzene rings is 1. The molecule has 0 radical (unpaired) electrons. The van der Waals surface area contributed by atoms with Crippen molar-refractivity contribution in [1.29, 1.82) is 0 Å². The highest BCUT2D eigenvalue weighted by Crippen LogP contribution is 2.25. The number of hydrogen-bond acceptors (Lipinski definition) is 1. The van der Waals surface area contributed by atoms with Gasteiger partial charge in [-0.1, -0.05) is 35.4 Å². The van der Waals surface area contributed by atoms with E-state index < -0.39 is 11.7 Å². The number of rotatable bonds is 5. The van der Waals surface area contributed by atoms with E-state index in [0.29, 0.717) is 13.1 Å². The van der Waals surface area contributed by atoms with Gasteiger partial charge >= 0.3 is 0 Å². The first-order valence-electron chi connectivity index (χ1n) is 5.16. The van der Waals surface area contributed by atoms with Crippen LogP contribution in [0.5, 0.6) is 0 Å². The van der Waals surface area contributed by atoms with Gasteiger partial charge in [0, 0.05) is 13.1 Å². The number of halogens is 3. The van der Waals surface area contributed by atoms with Crippen molar-refractivity contribution in [2.24, 2.45) is 0 Å². The largest absolute Gasteiger partial charge is 0.331 e. The molecule has 0 saturated carbocycles. The number of amides is 1. The van der Waals surface area contributed by atoms with Crippen LogP contribution in [0.1, 0.15) is 10.4 Å². The van der Waals surface area contributed by atoms with Crippen LogP contribution in [0.2, 0.25) is 10.0 Å². The molecule has 96 valence electrons. The van der Waals surface area contributed by atoms with Crippen LogP contribution in [0.15, 0.2) is 37.4 Å². The summed E-state index contributed by atoms with van der Waals surface area (Å²) >= 11 is 11.5. The quantitative estimate of drug-likeness (QED) is 0.593. The zero-order valence-electron chi connectivity index (χ0n) is 9.63. The van der Waals surface area contributed by atoms with Gasteiger partial charge in [-0.15, -0.1) is 13.2 Å². The number of hydrogen-bond donors (Lipinski definition) is 0. The SMILES string of the molecule is C=CCN(CC=C)C(=O)c1cc(F)c(Cl)cc1Cl. The van der Waals surface area contributed by atoms with Crippen molar-refractivity contribution in [3.63, 3.8) is 0 Å². The molecule has 0 atom stereocenters. The second-order valence-corrected chi connectivity index (χ2v) is 4.35. The van der Waals surface area contributed by atoms with Crippen molar-refractivity contribution in [3.05, 3.63) is 58.9 Å². The Balaban J connectivity index is 3.11. The first kappa shape index (κ1) is 14.7. The van der Waals surface area contributed by atoms with E-state index in [2.05, 4.69) is 13.2 Å². The minimum Gasteiger partial charge on any atom is -0.331 e. The summed E-state index contributed by atoms with van der Waals surface area (Å²) < 4.78 is 13.4. The molecule has 18 heavy (non-hydrogen) atoms. The first-order chi connectivity index (χ1) is 8.51. The van der Waals surface area contributed by atoms with Crippen molar-refractivity contribution in [1.82, 2.24) is 4.90 Å². The molecule has 1 rings (SSSR count). The van der Waals surface area contributed by atoms with E-state index in [1.165, 1.54) is 11.0 Å². The van der Waals surface area contributed by atoms with Crippen molar-refractivity contribution in [3.8, 4) is 0 Å². The summed E-state index contributed by atoms with van der Waals surface area (Å²) in [5.74, 6) is -1.07. The standard InChI is InChI=1S/C13H12Cl2FNO/c1-3-5-17(6-4-2)13(18)9-7-12(16)11(15)8-10(9)14/h3-4,7-8H,1-2,5-6H2. The maximum absolute atomic E-state index is 13.4. The fraction of sp³-hybridized carbons (Fsp3) is 0.154. The molecule has 0 N–H and O–H groups in total. The Morgan fingerprint density at radius 3 is 2.28 bits per heavy atom. The molecule has 1 aromatic rings. The van der Waals surface area contributed by atoms with E-state index in [1.54, 1.807) is 12.2 Å². The zero-order chi connectivity index (χ0) is 13.7. The molecule has 0 saturated heterocycles. The highest BCUT2D eigenvalue weighted by molar-refractivity contribution is 6.36. The Hall–Kier alpha value is -1.32. The lowest BCUT2D eigenvalue weighted by molar-refractivity contribution is 0.0790. The van der Waals surface area contributed by atoms with Crippen LogP contribution in [0.3, 0.4) is 0 Å². The maximum atomic E-state index is 13.4. The normalized spacial score (nSPS) is 9.94. The van der Waals surface area contributed by atoms with Crippen molar-refractivity contribution in [2.45, 2.75) is 0 Å². The minimum atomic E-state index is -0.679. The highest BCUT2D eigenvalue weighted by atomic mass is 35.5. The Morgan fingerprint density at radius 2 is 1.78 bits per heavy atom. The molecule has 0 aliphatic heterocycles. The van der Waals surface area contributed by atoms with Crippen LogP contribution in [-0.4, -0.2) is 23.9 Å². The molecular weight excluding hydrogens is 276 g/mol. The van der Waals surface area contributed by atoms with E-state index in [4.69, 9.17) is 23.2 Å². The summed E-state index contributed by atoms with van der Waals surface area (Å²) in [6, 6.07) is 2.25. The molecule has 5 heteroatoms. The fourth-order valence-corrected chi connectivity index (χ4v) is 1.87. The molecule has 0 aromatic heterocycles. The molecule has 0 heterocycles. The van der Waals surface area contributed by atoms with Gasteiger partial charge in [-0.25, -0.2) is 4.39 Å². The molecule has 0 spiro atoms. The van der Waals surface area contributed by atoms with Crippen LogP contribution in [0, 0.1) is 5.82 Å². The van der Waals surface area contributed by atoms with Crippen LogP contribution in [0.4, 0.5) is 4.39 Å². The van der Waals surface area contributed by atoms with Crippen LogP contribution in [-0.2, 0) is 0 Å². The smallest absolute Gasteiger partial charge is 0.256 e. The van der Waals surface area contributed by atoms with Crippen LogP contribution >= 0.6 is 23.2 Å². The zero-order valence-corrected chi connectivity index (χ0v) is 11.1. The summed E-state index contributed by atoms with van der Waals surface area (Å²) in [4.78, 5) is 13.6. The van der Waals surface area contributed by atoms with Crippen LogP contribution < -0.4 is 0 Å². The molecule has 2 nitrogen and oxygen atoms in total. The molecule has 0 bridgehead atoms. The van der Waals surface area contributed by atoms with E-state index in [0.717, 1.165) is 6.07 Å². The third-order valence-electron chi connectivity index (χ3n) is 2.23. The lowest BCUT2D eigenvalue weighted by Gasteiger charge is -2.20. The topological polar surface area (TPSA) is 20.3 Å². The number of carbonyl (C=O) groups excluding carboxylic acids is 1. The van der Waals surface area contributed by atoms with Crippen molar-refractivity contribution >= 4 is 29.1 Å². The predicted octanol–water partition coefficient (Wildman–Crippen LogP) is 3.95. The Bertz CT molecular complexity index is 478. The van der Waals surface area contributed by atoms with Gasteiger partial charge in [0.05, 0.1) is 15.6 Å². The van der Waals surface area contributed by atoms with Crippen molar-refractivity contribution in [2.75, 3.05) is 13.1 Å². The Labute approximate surface area is 115 Å². The van der Waals surface area contributed by atoms with Gasteiger partial charge in [0.1, 0.15) is 5.82 Å². The Kier molecular flexibility index (Phi) is 5.38. The minimum absolute atomic E-state index is 0.0715. The molecule has 0 unspecified atom stereocenters. The maximum Gasteiger partial charge on any atom is 0.256 e. The van der Waals surface area contributed by atoms with E-state index in [9.17, 15) is 9.18 Å². The second-order valence-electron chi connectivity index (χ2n) is 3.53. The summed E-state index contributed by atoms with van der Waals surface area (Å²) in [6.07, 6.45) is 3.14. The lowest BCUT2D eigenvalue weighted by Crippen LogP contribution is -2.31. The van der Waals surface area contributed by atoms with E-state index in [1.807, 2.05) is 0 Å². The third kappa shape index (κ3) is 3.34. The highest BCUT2D eigenvalue weighted by Gasteiger charge is 2.18. The van der Waals surface area contributed by atoms with E-state index in [-0.39, 0.29) is 15.6 Å². The molecule has 0 aliphatic rings. The van der Waals surface area contributed by atoms with Gasteiger partial charge < -0.3 is 4.90 Å². The Morgan fingerprint density at radius 1 is 1.22 bits per heavy atom. The van der Waals surface area contributed by atoms with Crippen LogP contribution in [0.25, 0.3) is 0 Å². The van der Waals surface area contributed by atoms with Crippen molar-refractivity contribution < 1.29 is 9.18 Å². The third-order valence-corrected chi connectivity index (χ3v) is 2.83. The van der Waals surface area contributed by atoms with Gasteiger partial charge in [0.25, 0.3) is 5.91 Å². The summed E-state index contributed by atoms with van der Waals surface area (Å²) in [6.45, 7) is 7.76. The summed E-state index contributed by atoms with van der Waals surface area (Å²) in [7, 11) is 0.